The second-order valence-electron chi connectivity index (χ2n) is 5.03. The number of carbonyl (C=O) groups is 2. The lowest BCUT2D eigenvalue weighted by Crippen LogP contribution is -2.34. The summed E-state index contributed by atoms with van der Waals surface area (Å²) >= 11 is 5.90. The Bertz CT molecular complexity index is 484. The van der Waals surface area contributed by atoms with Crippen molar-refractivity contribution < 1.29 is 14.7 Å². The first-order valence-electron chi connectivity index (χ1n) is 7.25. The first-order chi connectivity index (χ1) is 9.99. The number of halogens is 1. The maximum Gasteiger partial charge on any atom is 0.311 e. The van der Waals surface area contributed by atoms with Crippen molar-refractivity contribution in [3.05, 3.63) is 34.9 Å². The van der Waals surface area contributed by atoms with E-state index in [-0.39, 0.29) is 12.3 Å². The summed E-state index contributed by atoms with van der Waals surface area (Å²) in [4.78, 5) is 25.5. The van der Waals surface area contributed by atoms with Crippen molar-refractivity contribution in [3.8, 4) is 0 Å². The summed E-state index contributed by atoms with van der Waals surface area (Å²) in [5, 5.41) is 9.87. The number of aliphatic carboxylic acids is 1. The Labute approximate surface area is 130 Å². The van der Waals surface area contributed by atoms with E-state index >= 15 is 0 Å². The summed E-state index contributed by atoms with van der Waals surface area (Å²) in [6.45, 7) is 5.33. The number of carbonyl (C=O) groups excluding carboxylic acids is 1. The predicted molar refractivity (Wildman–Crippen MR) is 83.6 cm³/mol. The number of hydrogen-bond acceptors (Lipinski definition) is 2. The standard InChI is InChI=1S/C16H22ClNO3/c1-3-8-18(9-4-2)15(19)11-14(16(20)21)12-6-5-7-13(17)10-12/h5-7,10,14H,3-4,8-9,11H2,1-2H3,(H,20,21). The molecule has 0 spiro atoms. The van der Waals surface area contributed by atoms with Crippen LogP contribution in [-0.4, -0.2) is 35.0 Å². The summed E-state index contributed by atoms with van der Waals surface area (Å²) < 4.78 is 0. The van der Waals surface area contributed by atoms with E-state index in [1.165, 1.54) is 0 Å². The first kappa shape index (κ1) is 17.5. The van der Waals surface area contributed by atoms with Crippen LogP contribution in [0.3, 0.4) is 0 Å². The SMILES string of the molecule is CCCN(CCC)C(=O)CC(C(=O)O)c1cccc(Cl)c1. The van der Waals surface area contributed by atoms with Crippen LogP contribution in [0.15, 0.2) is 24.3 Å². The van der Waals surface area contributed by atoms with E-state index in [0.717, 1.165) is 12.8 Å². The molecule has 0 radical (unpaired) electrons. The van der Waals surface area contributed by atoms with Gasteiger partial charge in [-0.1, -0.05) is 37.6 Å². The van der Waals surface area contributed by atoms with Crippen LogP contribution in [-0.2, 0) is 9.59 Å². The average Bonchev–Trinajstić information content (AvgIpc) is 2.44. The van der Waals surface area contributed by atoms with Crippen LogP contribution >= 0.6 is 11.6 Å². The van der Waals surface area contributed by atoms with Gasteiger partial charge in [0.2, 0.25) is 5.91 Å². The van der Waals surface area contributed by atoms with Crippen LogP contribution in [0, 0.1) is 0 Å². The lowest BCUT2D eigenvalue weighted by molar-refractivity contribution is -0.142. The minimum Gasteiger partial charge on any atom is -0.481 e. The second-order valence-corrected chi connectivity index (χ2v) is 5.47. The van der Waals surface area contributed by atoms with Crippen LogP contribution < -0.4 is 0 Å². The highest BCUT2D eigenvalue weighted by molar-refractivity contribution is 6.30. The van der Waals surface area contributed by atoms with E-state index < -0.39 is 11.9 Å². The Kier molecular flexibility index (Phi) is 7.23. The minimum absolute atomic E-state index is 0.0321. The van der Waals surface area contributed by atoms with Gasteiger partial charge < -0.3 is 10.0 Å². The maximum atomic E-state index is 12.3. The summed E-state index contributed by atoms with van der Waals surface area (Å²) in [6.07, 6.45) is 1.69. The van der Waals surface area contributed by atoms with Crippen LogP contribution in [0.25, 0.3) is 0 Å². The third-order valence-electron chi connectivity index (χ3n) is 3.27. The van der Waals surface area contributed by atoms with Crippen molar-refractivity contribution in [2.45, 2.75) is 39.0 Å². The predicted octanol–water partition coefficient (Wildman–Crippen LogP) is 3.55. The molecule has 21 heavy (non-hydrogen) atoms. The smallest absolute Gasteiger partial charge is 0.311 e. The lowest BCUT2D eigenvalue weighted by atomic mass is 9.95. The van der Waals surface area contributed by atoms with E-state index in [2.05, 4.69) is 0 Å². The maximum absolute atomic E-state index is 12.3. The molecule has 0 aromatic heterocycles. The van der Waals surface area contributed by atoms with Crippen LogP contribution in [0.1, 0.15) is 44.6 Å². The van der Waals surface area contributed by atoms with E-state index in [1.807, 2.05) is 13.8 Å². The molecular formula is C16H22ClNO3. The fraction of sp³-hybridized carbons (Fsp3) is 0.500. The van der Waals surface area contributed by atoms with Crippen molar-refractivity contribution in [2.24, 2.45) is 0 Å². The van der Waals surface area contributed by atoms with Gasteiger partial charge in [0.1, 0.15) is 0 Å². The molecule has 0 aliphatic rings. The van der Waals surface area contributed by atoms with Gasteiger partial charge in [-0.15, -0.1) is 0 Å². The number of nitrogens with zero attached hydrogens (tertiary/aromatic N) is 1. The van der Waals surface area contributed by atoms with Crippen molar-refractivity contribution >= 4 is 23.5 Å². The van der Waals surface area contributed by atoms with Gasteiger partial charge in [-0.3, -0.25) is 9.59 Å². The molecule has 4 nitrogen and oxygen atoms in total. The Morgan fingerprint density at radius 2 is 1.86 bits per heavy atom. The third-order valence-corrected chi connectivity index (χ3v) is 3.50. The third kappa shape index (κ3) is 5.38. The van der Waals surface area contributed by atoms with E-state index in [0.29, 0.717) is 23.7 Å². The quantitative estimate of drug-likeness (QED) is 0.798. The van der Waals surface area contributed by atoms with E-state index in [4.69, 9.17) is 11.6 Å². The lowest BCUT2D eigenvalue weighted by Gasteiger charge is -2.23. The summed E-state index contributed by atoms with van der Waals surface area (Å²) in [7, 11) is 0. The molecular weight excluding hydrogens is 290 g/mol. The largest absolute Gasteiger partial charge is 0.481 e. The molecule has 0 fully saturated rings. The molecule has 0 aliphatic carbocycles. The monoisotopic (exact) mass is 311 g/mol. The summed E-state index contributed by atoms with van der Waals surface area (Å²) in [5.41, 5.74) is 0.566. The molecule has 1 aromatic rings. The highest BCUT2D eigenvalue weighted by atomic mass is 35.5. The highest BCUT2D eigenvalue weighted by Crippen LogP contribution is 2.24. The fourth-order valence-corrected chi connectivity index (χ4v) is 2.47. The van der Waals surface area contributed by atoms with Crippen LogP contribution in [0.5, 0.6) is 0 Å². The molecule has 0 aliphatic heterocycles. The van der Waals surface area contributed by atoms with Gasteiger partial charge in [-0.25, -0.2) is 0 Å². The number of carboxylic acid groups (broad SMARTS) is 1. The molecule has 1 N–H and O–H groups in total. The fourth-order valence-electron chi connectivity index (χ4n) is 2.28. The van der Waals surface area contributed by atoms with Gasteiger partial charge in [0.15, 0.2) is 0 Å². The first-order valence-corrected chi connectivity index (χ1v) is 7.63. The van der Waals surface area contributed by atoms with Gasteiger partial charge in [-0.2, -0.15) is 0 Å². The second kappa shape index (κ2) is 8.67. The minimum atomic E-state index is -1.00. The van der Waals surface area contributed by atoms with Crippen molar-refractivity contribution in [1.29, 1.82) is 0 Å². The Morgan fingerprint density at radius 3 is 2.33 bits per heavy atom. The van der Waals surface area contributed by atoms with Crippen molar-refractivity contribution in [3.63, 3.8) is 0 Å². The number of carboxylic acids is 1. The zero-order chi connectivity index (χ0) is 15.8. The molecule has 0 saturated carbocycles. The zero-order valence-corrected chi connectivity index (χ0v) is 13.3. The number of benzene rings is 1. The molecule has 0 saturated heterocycles. The van der Waals surface area contributed by atoms with Crippen LogP contribution in [0.4, 0.5) is 0 Å². The van der Waals surface area contributed by atoms with Crippen LogP contribution in [0.2, 0.25) is 5.02 Å². The van der Waals surface area contributed by atoms with Crippen molar-refractivity contribution in [1.82, 2.24) is 4.90 Å². The zero-order valence-electron chi connectivity index (χ0n) is 12.5. The average molecular weight is 312 g/mol. The highest BCUT2D eigenvalue weighted by Gasteiger charge is 2.25. The topological polar surface area (TPSA) is 57.6 Å². The Morgan fingerprint density at radius 1 is 1.24 bits per heavy atom. The normalized spacial score (nSPS) is 12.0. The van der Waals surface area contributed by atoms with Gasteiger partial charge in [0, 0.05) is 24.5 Å². The Hall–Kier alpha value is -1.55. The number of hydrogen-bond donors (Lipinski definition) is 1. The Balaban J connectivity index is 2.87. The van der Waals surface area contributed by atoms with Gasteiger partial charge in [0.05, 0.1) is 5.92 Å². The number of rotatable bonds is 8. The van der Waals surface area contributed by atoms with Gasteiger partial charge in [0.25, 0.3) is 0 Å². The molecule has 1 aromatic carbocycles. The summed E-state index contributed by atoms with van der Waals surface area (Å²) in [6, 6.07) is 6.69. The van der Waals surface area contributed by atoms with E-state index in [1.54, 1.807) is 29.2 Å². The molecule has 0 bridgehead atoms. The molecule has 5 heteroatoms. The molecule has 1 unspecified atom stereocenters. The molecule has 1 amide bonds. The molecule has 116 valence electrons. The summed E-state index contributed by atoms with van der Waals surface area (Å²) in [5.74, 6) is -1.97. The molecule has 0 heterocycles. The van der Waals surface area contributed by atoms with Crippen molar-refractivity contribution in [2.75, 3.05) is 13.1 Å². The van der Waals surface area contributed by atoms with E-state index in [9.17, 15) is 14.7 Å². The van der Waals surface area contributed by atoms with Gasteiger partial charge in [-0.05, 0) is 30.5 Å². The van der Waals surface area contributed by atoms with Gasteiger partial charge >= 0.3 is 5.97 Å². The molecule has 1 rings (SSSR count). The molecule has 1 atom stereocenters. The number of amides is 1.